The summed E-state index contributed by atoms with van der Waals surface area (Å²) < 4.78 is 5.16. The number of ether oxygens (including phenoxy) is 1. The van der Waals surface area contributed by atoms with Crippen LogP contribution in [0.25, 0.3) is 0 Å². The first-order valence-corrected chi connectivity index (χ1v) is 8.15. The lowest BCUT2D eigenvalue weighted by Gasteiger charge is -2.18. The normalized spacial score (nSPS) is 12.0. The summed E-state index contributed by atoms with van der Waals surface area (Å²) >= 11 is 1.23. The van der Waals surface area contributed by atoms with E-state index in [0.717, 1.165) is 5.56 Å². The van der Waals surface area contributed by atoms with Gasteiger partial charge in [-0.2, -0.15) is 0 Å². The molecule has 0 unspecified atom stereocenters. The van der Waals surface area contributed by atoms with Crippen molar-refractivity contribution in [2.45, 2.75) is 39.8 Å². The predicted molar refractivity (Wildman–Crippen MR) is 86.1 cm³/mol. The molecule has 116 valence electrons. The molecular formula is C16H23NO3S. The zero-order chi connectivity index (χ0) is 15.7. The first kappa shape index (κ1) is 17.6. The van der Waals surface area contributed by atoms with E-state index in [-0.39, 0.29) is 11.7 Å². The minimum Gasteiger partial charge on any atom is -0.445 e. The molecule has 1 amide bonds. The third-order valence-electron chi connectivity index (χ3n) is 2.78. The van der Waals surface area contributed by atoms with Crippen LogP contribution in [0.3, 0.4) is 0 Å². The molecule has 1 N–H and O–H groups in total. The summed E-state index contributed by atoms with van der Waals surface area (Å²) in [5.41, 5.74) is 0.919. The molecule has 1 rings (SSSR count). The van der Waals surface area contributed by atoms with Gasteiger partial charge in [0.25, 0.3) is 0 Å². The van der Waals surface area contributed by atoms with E-state index in [4.69, 9.17) is 4.74 Å². The zero-order valence-corrected chi connectivity index (χ0v) is 13.6. The number of alkyl carbamates (subject to hydrolysis) is 1. The van der Waals surface area contributed by atoms with Crippen molar-refractivity contribution in [1.29, 1.82) is 0 Å². The highest BCUT2D eigenvalue weighted by molar-refractivity contribution is 8.13. The van der Waals surface area contributed by atoms with Gasteiger partial charge in [-0.1, -0.05) is 62.9 Å². The van der Waals surface area contributed by atoms with Gasteiger partial charge < -0.3 is 10.1 Å². The lowest BCUT2D eigenvalue weighted by Crippen LogP contribution is -2.40. The Kier molecular flexibility index (Phi) is 7.90. The van der Waals surface area contributed by atoms with Gasteiger partial charge in [-0.3, -0.25) is 4.79 Å². The molecule has 0 aliphatic carbocycles. The SMILES string of the molecule is CCSC(=O)[C@@H](CC(C)C)NC(=O)OCc1ccccc1. The summed E-state index contributed by atoms with van der Waals surface area (Å²) in [6, 6.07) is 8.97. The summed E-state index contributed by atoms with van der Waals surface area (Å²) in [6.07, 6.45) is 0.0706. The van der Waals surface area contributed by atoms with Crippen molar-refractivity contribution in [3.63, 3.8) is 0 Å². The van der Waals surface area contributed by atoms with E-state index in [9.17, 15) is 9.59 Å². The number of hydrogen-bond acceptors (Lipinski definition) is 4. The molecule has 0 fully saturated rings. The van der Waals surface area contributed by atoms with Crippen LogP contribution in [0, 0.1) is 5.92 Å². The molecular weight excluding hydrogens is 286 g/mol. The van der Waals surface area contributed by atoms with Crippen LogP contribution in [0.4, 0.5) is 4.79 Å². The van der Waals surface area contributed by atoms with Gasteiger partial charge in [0.15, 0.2) is 0 Å². The number of carbonyl (C=O) groups is 2. The zero-order valence-electron chi connectivity index (χ0n) is 12.8. The Morgan fingerprint density at radius 3 is 2.48 bits per heavy atom. The number of rotatable bonds is 7. The maximum Gasteiger partial charge on any atom is 0.408 e. The molecule has 1 aromatic carbocycles. The lowest BCUT2D eigenvalue weighted by molar-refractivity contribution is -0.113. The molecule has 4 nitrogen and oxygen atoms in total. The predicted octanol–water partition coefficient (Wildman–Crippen LogP) is 3.61. The molecule has 0 aliphatic rings. The van der Waals surface area contributed by atoms with E-state index < -0.39 is 12.1 Å². The fraction of sp³-hybridized carbons (Fsp3) is 0.500. The molecule has 0 aromatic heterocycles. The molecule has 1 aromatic rings. The Morgan fingerprint density at radius 2 is 1.90 bits per heavy atom. The van der Waals surface area contributed by atoms with E-state index in [0.29, 0.717) is 18.1 Å². The smallest absolute Gasteiger partial charge is 0.408 e. The highest BCUT2D eigenvalue weighted by Crippen LogP contribution is 2.13. The second kappa shape index (κ2) is 9.45. The highest BCUT2D eigenvalue weighted by Gasteiger charge is 2.22. The van der Waals surface area contributed by atoms with Crippen LogP contribution in [-0.2, 0) is 16.1 Å². The van der Waals surface area contributed by atoms with Gasteiger partial charge in [0.05, 0.1) is 0 Å². The number of nitrogens with one attached hydrogen (secondary N) is 1. The number of amides is 1. The van der Waals surface area contributed by atoms with Gasteiger partial charge >= 0.3 is 6.09 Å². The topological polar surface area (TPSA) is 55.4 Å². The van der Waals surface area contributed by atoms with Gasteiger partial charge in [0.2, 0.25) is 5.12 Å². The van der Waals surface area contributed by atoms with Crippen molar-refractivity contribution in [1.82, 2.24) is 5.32 Å². The van der Waals surface area contributed by atoms with Crippen molar-refractivity contribution in [2.24, 2.45) is 5.92 Å². The molecule has 0 saturated heterocycles. The maximum absolute atomic E-state index is 12.0. The summed E-state index contributed by atoms with van der Waals surface area (Å²) in [6.45, 7) is 6.17. The Morgan fingerprint density at radius 1 is 1.24 bits per heavy atom. The van der Waals surface area contributed by atoms with E-state index in [1.54, 1.807) is 0 Å². The minimum atomic E-state index is -0.547. The van der Waals surface area contributed by atoms with Crippen LogP contribution in [0.5, 0.6) is 0 Å². The average Bonchev–Trinajstić information content (AvgIpc) is 2.45. The highest BCUT2D eigenvalue weighted by atomic mass is 32.2. The number of thioether (sulfide) groups is 1. The number of benzene rings is 1. The van der Waals surface area contributed by atoms with Crippen molar-refractivity contribution < 1.29 is 14.3 Å². The van der Waals surface area contributed by atoms with E-state index in [1.165, 1.54) is 11.8 Å². The van der Waals surface area contributed by atoms with Gasteiger partial charge in [0, 0.05) is 0 Å². The van der Waals surface area contributed by atoms with Gasteiger partial charge in [0.1, 0.15) is 12.6 Å². The van der Waals surface area contributed by atoms with Gasteiger partial charge in [-0.25, -0.2) is 4.79 Å². The van der Waals surface area contributed by atoms with Gasteiger partial charge in [-0.15, -0.1) is 0 Å². The standard InChI is InChI=1S/C16H23NO3S/c1-4-21-15(18)14(10-12(2)3)17-16(19)20-11-13-8-6-5-7-9-13/h5-9,12,14H,4,10-11H2,1-3H3,(H,17,19)/t14-/m1/s1. The maximum atomic E-state index is 12.0. The first-order chi connectivity index (χ1) is 10.0. The van der Waals surface area contributed by atoms with Crippen LogP contribution in [0.15, 0.2) is 30.3 Å². The molecule has 1 atom stereocenters. The molecule has 0 saturated carbocycles. The molecule has 0 spiro atoms. The van der Waals surface area contributed by atoms with Crippen molar-refractivity contribution in [3.05, 3.63) is 35.9 Å². The fourth-order valence-electron chi connectivity index (χ4n) is 1.84. The minimum absolute atomic E-state index is 0.0112. The van der Waals surface area contributed by atoms with E-state index >= 15 is 0 Å². The second-order valence-corrected chi connectivity index (χ2v) is 6.41. The summed E-state index contributed by atoms with van der Waals surface area (Å²) in [5, 5.41) is 2.66. The third-order valence-corrected chi connectivity index (χ3v) is 3.64. The van der Waals surface area contributed by atoms with Crippen LogP contribution in [-0.4, -0.2) is 23.0 Å². The Hall–Kier alpha value is -1.49. The quantitative estimate of drug-likeness (QED) is 0.836. The number of hydrogen-bond donors (Lipinski definition) is 1. The van der Waals surface area contributed by atoms with Crippen LogP contribution < -0.4 is 5.32 Å². The van der Waals surface area contributed by atoms with Crippen molar-refractivity contribution in [3.8, 4) is 0 Å². The first-order valence-electron chi connectivity index (χ1n) is 7.16. The Bertz CT molecular complexity index is 448. The molecule has 21 heavy (non-hydrogen) atoms. The molecule has 0 heterocycles. The lowest BCUT2D eigenvalue weighted by atomic mass is 10.1. The summed E-state index contributed by atoms with van der Waals surface area (Å²) in [7, 11) is 0. The second-order valence-electron chi connectivity index (χ2n) is 5.14. The van der Waals surface area contributed by atoms with E-state index in [1.807, 2.05) is 51.1 Å². The average molecular weight is 309 g/mol. The largest absolute Gasteiger partial charge is 0.445 e. The van der Waals surface area contributed by atoms with Gasteiger partial charge in [-0.05, 0) is 23.7 Å². The van der Waals surface area contributed by atoms with Crippen LogP contribution >= 0.6 is 11.8 Å². The van der Waals surface area contributed by atoms with Crippen LogP contribution in [0.2, 0.25) is 0 Å². The fourth-order valence-corrected chi connectivity index (χ4v) is 2.48. The Labute approximate surface area is 130 Å². The molecule has 0 radical (unpaired) electrons. The molecule has 5 heteroatoms. The monoisotopic (exact) mass is 309 g/mol. The molecule has 0 bridgehead atoms. The summed E-state index contributed by atoms with van der Waals surface area (Å²) in [4.78, 5) is 23.8. The van der Waals surface area contributed by atoms with E-state index in [2.05, 4.69) is 5.32 Å². The third kappa shape index (κ3) is 7.18. The van der Waals surface area contributed by atoms with Crippen LogP contribution in [0.1, 0.15) is 32.8 Å². The van der Waals surface area contributed by atoms with Crippen molar-refractivity contribution in [2.75, 3.05) is 5.75 Å². The molecule has 0 aliphatic heterocycles. The number of carbonyl (C=O) groups excluding carboxylic acids is 2. The van der Waals surface area contributed by atoms with Crippen molar-refractivity contribution >= 4 is 23.0 Å². The summed E-state index contributed by atoms with van der Waals surface area (Å²) in [5.74, 6) is 1.03. The Balaban J connectivity index is 2.49.